The fourth-order valence-corrected chi connectivity index (χ4v) is 2.59. The zero-order valence-corrected chi connectivity index (χ0v) is 13.9. The van der Waals surface area contributed by atoms with Gasteiger partial charge in [0.15, 0.2) is 0 Å². The van der Waals surface area contributed by atoms with Crippen molar-refractivity contribution in [3.8, 4) is 0 Å². The Labute approximate surface area is 144 Å². The normalized spacial score (nSPS) is 16.4. The number of likely N-dealkylation sites (N-methyl/N-ethyl adjacent to an activating group) is 1. The van der Waals surface area contributed by atoms with Gasteiger partial charge >= 0.3 is 11.9 Å². The molecule has 1 fully saturated rings. The third-order valence-corrected chi connectivity index (χ3v) is 3.87. The van der Waals surface area contributed by atoms with Crippen LogP contribution in [0.25, 0.3) is 0 Å². The van der Waals surface area contributed by atoms with E-state index >= 15 is 0 Å². The Morgan fingerprint density at radius 2 is 1.72 bits per heavy atom. The number of carbonyl (C=O) groups is 3. The Bertz CT molecular complexity index is 682. The molecule has 0 atom stereocenters. The number of nitrogens with zero attached hydrogens (tertiary/aromatic N) is 4. The van der Waals surface area contributed by atoms with Crippen LogP contribution in [0.15, 0.2) is 18.3 Å². The van der Waals surface area contributed by atoms with Gasteiger partial charge in [-0.05, 0) is 19.3 Å². The van der Waals surface area contributed by atoms with E-state index in [9.17, 15) is 14.4 Å². The van der Waals surface area contributed by atoms with Gasteiger partial charge < -0.3 is 15.1 Å². The molecule has 3 heterocycles. The van der Waals surface area contributed by atoms with Crippen molar-refractivity contribution in [3.63, 3.8) is 0 Å². The summed E-state index contributed by atoms with van der Waals surface area (Å²) >= 11 is 0. The van der Waals surface area contributed by atoms with E-state index in [1.807, 2.05) is 0 Å². The number of carboxylic acids is 2. The predicted octanol–water partition coefficient (Wildman–Crippen LogP) is 0.698. The first-order chi connectivity index (χ1) is 11.9. The maximum atomic E-state index is 11.6. The number of anilines is 2. The fraction of sp³-hybridized carbons (Fsp3) is 0.438. The summed E-state index contributed by atoms with van der Waals surface area (Å²) < 4.78 is 0. The van der Waals surface area contributed by atoms with Crippen LogP contribution in [0.1, 0.15) is 24.8 Å². The van der Waals surface area contributed by atoms with Crippen molar-refractivity contribution in [1.29, 1.82) is 0 Å². The highest BCUT2D eigenvalue weighted by Gasteiger charge is 2.27. The molecule has 0 spiro atoms. The van der Waals surface area contributed by atoms with Crippen LogP contribution in [0, 0.1) is 0 Å². The molecule has 0 bridgehead atoms. The molecular weight excluding hydrogens is 328 g/mol. The predicted molar refractivity (Wildman–Crippen MR) is 89.6 cm³/mol. The average molecular weight is 348 g/mol. The topological polar surface area (TPSA) is 124 Å². The van der Waals surface area contributed by atoms with E-state index in [0.29, 0.717) is 18.6 Å². The number of aliphatic carboxylic acids is 2. The number of amides is 1. The average Bonchev–Trinajstić information content (AvgIpc) is 2.88. The van der Waals surface area contributed by atoms with E-state index in [1.54, 1.807) is 18.1 Å². The first kappa shape index (κ1) is 18.4. The molecule has 2 aliphatic rings. The van der Waals surface area contributed by atoms with E-state index in [2.05, 4.69) is 14.9 Å². The molecule has 25 heavy (non-hydrogen) atoms. The molecule has 134 valence electrons. The Balaban J connectivity index is 0.000000242. The van der Waals surface area contributed by atoms with Crippen molar-refractivity contribution >= 4 is 29.6 Å². The zero-order valence-electron chi connectivity index (χ0n) is 13.9. The Hall–Kier alpha value is -2.97. The van der Waals surface area contributed by atoms with Crippen LogP contribution in [0.3, 0.4) is 0 Å². The van der Waals surface area contributed by atoms with Gasteiger partial charge in [0.25, 0.3) is 0 Å². The van der Waals surface area contributed by atoms with E-state index in [1.165, 1.54) is 19.3 Å². The van der Waals surface area contributed by atoms with Gasteiger partial charge in [0, 0.05) is 44.0 Å². The lowest BCUT2D eigenvalue weighted by Gasteiger charge is -2.27. The molecule has 0 unspecified atom stereocenters. The number of fused-ring (bicyclic) bond motifs is 1. The number of aromatic nitrogens is 2. The fourth-order valence-electron chi connectivity index (χ4n) is 2.59. The van der Waals surface area contributed by atoms with Crippen molar-refractivity contribution in [2.24, 2.45) is 0 Å². The first-order valence-electron chi connectivity index (χ1n) is 7.90. The lowest BCUT2D eigenvalue weighted by Crippen LogP contribution is -2.31. The molecule has 0 aromatic carbocycles. The molecule has 2 aliphatic heterocycles. The summed E-state index contributed by atoms with van der Waals surface area (Å²) in [7, 11) is 1.78. The molecule has 1 amide bonds. The summed E-state index contributed by atoms with van der Waals surface area (Å²) in [6.45, 7) is 2.05. The molecule has 1 aromatic heterocycles. The summed E-state index contributed by atoms with van der Waals surface area (Å²) in [6, 6.07) is 0. The molecule has 1 aromatic rings. The van der Waals surface area contributed by atoms with E-state index in [-0.39, 0.29) is 5.91 Å². The molecule has 3 rings (SSSR count). The van der Waals surface area contributed by atoms with Gasteiger partial charge in [0.1, 0.15) is 5.82 Å². The minimum absolute atomic E-state index is 0.102. The molecular formula is C16H20N4O5. The number of hydrogen-bond acceptors (Lipinski definition) is 6. The summed E-state index contributed by atoms with van der Waals surface area (Å²) in [5.74, 6) is -0.861. The van der Waals surface area contributed by atoms with Crippen LogP contribution in [0.4, 0.5) is 11.8 Å². The number of piperidine rings is 1. The van der Waals surface area contributed by atoms with E-state index < -0.39 is 11.9 Å². The van der Waals surface area contributed by atoms with Crippen LogP contribution < -0.4 is 9.80 Å². The Morgan fingerprint density at radius 1 is 1.12 bits per heavy atom. The minimum Gasteiger partial charge on any atom is -0.478 e. The van der Waals surface area contributed by atoms with Crippen molar-refractivity contribution in [2.45, 2.75) is 25.7 Å². The molecule has 0 radical (unpaired) electrons. The smallest absolute Gasteiger partial charge is 0.328 e. The SMILES string of the molecule is CN1C(=O)Cc2cnc(N3CCCCC3)nc21.O=C(O)/C=C\C(=O)O. The Morgan fingerprint density at radius 3 is 2.28 bits per heavy atom. The van der Waals surface area contributed by atoms with Crippen LogP contribution in [0.2, 0.25) is 0 Å². The van der Waals surface area contributed by atoms with Crippen molar-refractivity contribution in [3.05, 3.63) is 23.9 Å². The lowest BCUT2D eigenvalue weighted by atomic mass is 10.1. The van der Waals surface area contributed by atoms with Crippen LogP contribution in [-0.2, 0) is 20.8 Å². The van der Waals surface area contributed by atoms with Gasteiger partial charge in [-0.1, -0.05) is 0 Å². The van der Waals surface area contributed by atoms with Gasteiger partial charge in [-0.3, -0.25) is 9.69 Å². The van der Waals surface area contributed by atoms with Crippen molar-refractivity contribution in [2.75, 3.05) is 29.9 Å². The van der Waals surface area contributed by atoms with Crippen molar-refractivity contribution < 1.29 is 24.6 Å². The third kappa shape index (κ3) is 5.00. The van der Waals surface area contributed by atoms with Crippen molar-refractivity contribution in [1.82, 2.24) is 9.97 Å². The summed E-state index contributed by atoms with van der Waals surface area (Å²) in [5, 5.41) is 15.6. The molecule has 9 nitrogen and oxygen atoms in total. The van der Waals surface area contributed by atoms with Crippen LogP contribution >= 0.6 is 0 Å². The molecule has 0 saturated carbocycles. The van der Waals surface area contributed by atoms with Gasteiger partial charge in [-0.25, -0.2) is 14.6 Å². The second-order valence-electron chi connectivity index (χ2n) is 5.71. The quantitative estimate of drug-likeness (QED) is 0.765. The lowest BCUT2D eigenvalue weighted by molar-refractivity contribution is -0.134. The minimum atomic E-state index is -1.26. The second-order valence-corrected chi connectivity index (χ2v) is 5.71. The number of carboxylic acid groups (broad SMARTS) is 2. The summed E-state index contributed by atoms with van der Waals surface area (Å²) in [4.78, 5) is 43.4. The van der Waals surface area contributed by atoms with E-state index in [0.717, 1.165) is 30.4 Å². The van der Waals surface area contributed by atoms with Gasteiger partial charge in [-0.15, -0.1) is 0 Å². The molecule has 1 saturated heterocycles. The monoisotopic (exact) mass is 348 g/mol. The van der Waals surface area contributed by atoms with E-state index in [4.69, 9.17) is 10.2 Å². The molecule has 2 N–H and O–H groups in total. The highest BCUT2D eigenvalue weighted by Crippen LogP contribution is 2.27. The number of rotatable bonds is 3. The molecule has 9 heteroatoms. The zero-order chi connectivity index (χ0) is 18.4. The maximum Gasteiger partial charge on any atom is 0.328 e. The van der Waals surface area contributed by atoms with Crippen LogP contribution in [-0.4, -0.2) is 58.2 Å². The largest absolute Gasteiger partial charge is 0.478 e. The van der Waals surface area contributed by atoms with Gasteiger partial charge in [-0.2, -0.15) is 4.98 Å². The number of carbonyl (C=O) groups excluding carboxylic acids is 1. The standard InChI is InChI=1S/C12H16N4O.C4H4O4/c1-15-10(17)7-9-8-13-12(14-11(9)15)16-5-3-2-4-6-16;5-3(6)1-2-4(7)8/h8H,2-7H2,1H3;1-2H,(H,5,6)(H,7,8)/b;2-1-. The highest BCUT2D eigenvalue weighted by atomic mass is 16.4. The van der Waals surface area contributed by atoms with Gasteiger partial charge in [0.05, 0.1) is 6.42 Å². The van der Waals surface area contributed by atoms with Gasteiger partial charge in [0.2, 0.25) is 11.9 Å². The maximum absolute atomic E-state index is 11.6. The highest BCUT2D eigenvalue weighted by molar-refractivity contribution is 5.99. The summed E-state index contributed by atoms with van der Waals surface area (Å²) in [5.41, 5.74) is 0.943. The molecule has 0 aliphatic carbocycles. The second kappa shape index (κ2) is 8.22. The Kier molecular flexibility index (Phi) is 6.04. The first-order valence-corrected chi connectivity index (χ1v) is 7.90. The third-order valence-electron chi connectivity index (χ3n) is 3.87. The number of hydrogen-bond donors (Lipinski definition) is 2. The summed E-state index contributed by atoms with van der Waals surface area (Å²) in [6.07, 6.45) is 7.05. The van der Waals surface area contributed by atoms with Crippen LogP contribution in [0.5, 0.6) is 0 Å².